The van der Waals surface area contributed by atoms with Crippen LogP contribution in [0.25, 0.3) is 0 Å². The Kier molecular flexibility index (Phi) is 4.25. The maximum absolute atomic E-state index is 12.4. The number of nitrogens with one attached hydrogen (secondary N) is 2. The van der Waals surface area contributed by atoms with Gasteiger partial charge in [0.2, 0.25) is 15.9 Å². The Morgan fingerprint density at radius 1 is 1.24 bits per heavy atom. The Morgan fingerprint density at radius 2 is 1.95 bits per heavy atom. The molecule has 3 aliphatic rings. The van der Waals surface area contributed by atoms with Crippen molar-refractivity contribution >= 4 is 15.9 Å². The normalized spacial score (nSPS) is 34.2. The fraction of sp³-hybridized carbons (Fsp3) is 0.929. The second kappa shape index (κ2) is 5.85. The van der Waals surface area contributed by atoms with Gasteiger partial charge < -0.3 is 10.6 Å². The highest BCUT2D eigenvalue weighted by Crippen LogP contribution is 2.33. The Morgan fingerprint density at radius 3 is 2.48 bits per heavy atom. The first-order valence-corrected chi connectivity index (χ1v) is 9.64. The molecule has 0 saturated carbocycles. The van der Waals surface area contributed by atoms with Crippen LogP contribution in [0.2, 0.25) is 0 Å². The highest BCUT2D eigenvalue weighted by molar-refractivity contribution is 7.89. The molecule has 7 heteroatoms. The lowest BCUT2D eigenvalue weighted by Gasteiger charge is -2.32. The number of amides is 1. The van der Waals surface area contributed by atoms with Crippen molar-refractivity contribution in [1.82, 2.24) is 14.9 Å². The molecule has 3 atom stereocenters. The highest BCUT2D eigenvalue weighted by atomic mass is 32.2. The van der Waals surface area contributed by atoms with Crippen molar-refractivity contribution in [2.75, 3.05) is 18.8 Å². The molecular formula is C14H25N3O3S. The smallest absolute Gasteiger partial charge is 0.224 e. The van der Waals surface area contributed by atoms with Gasteiger partial charge >= 0.3 is 0 Å². The molecular weight excluding hydrogens is 290 g/mol. The molecule has 0 aromatic heterocycles. The van der Waals surface area contributed by atoms with Crippen LogP contribution in [0.3, 0.4) is 0 Å². The first kappa shape index (κ1) is 15.2. The molecule has 6 nitrogen and oxygen atoms in total. The number of piperidine rings is 1. The summed E-state index contributed by atoms with van der Waals surface area (Å²) in [5.74, 6) is 0.425. The summed E-state index contributed by atoms with van der Waals surface area (Å²) in [6.07, 6.45) is 4.70. The molecule has 0 aliphatic carbocycles. The van der Waals surface area contributed by atoms with Crippen LogP contribution in [-0.4, -0.2) is 55.6 Å². The molecule has 3 aliphatic heterocycles. The van der Waals surface area contributed by atoms with Crippen LogP contribution in [0, 0.1) is 5.92 Å². The standard InChI is InChI=1S/C14H25N3O3S/c1-2-21(19,20)17-7-5-10(6-8-17)16-14(18)12-9-11-3-4-13(12)15-11/h10-13,15H,2-9H2,1H3,(H,16,18). The SMILES string of the molecule is CCS(=O)(=O)N1CCC(NC(=O)C2CC3CCC2N3)CC1. The monoisotopic (exact) mass is 315 g/mol. The van der Waals surface area contributed by atoms with E-state index in [1.54, 1.807) is 11.2 Å². The fourth-order valence-electron chi connectivity index (χ4n) is 3.88. The predicted octanol–water partition coefficient (Wildman–Crippen LogP) is 0.0572. The third-order valence-corrected chi connectivity index (χ3v) is 7.08. The number of sulfonamides is 1. The van der Waals surface area contributed by atoms with E-state index in [9.17, 15) is 13.2 Å². The van der Waals surface area contributed by atoms with Gasteiger partial charge in [0.05, 0.1) is 11.7 Å². The van der Waals surface area contributed by atoms with E-state index < -0.39 is 10.0 Å². The maximum atomic E-state index is 12.4. The van der Waals surface area contributed by atoms with Crippen molar-refractivity contribution in [3.05, 3.63) is 0 Å². The fourth-order valence-corrected chi connectivity index (χ4v) is 5.02. The van der Waals surface area contributed by atoms with E-state index in [1.165, 1.54) is 6.42 Å². The highest BCUT2D eigenvalue weighted by Gasteiger charge is 2.43. The van der Waals surface area contributed by atoms with E-state index in [0.29, 0.717) is 25.2 Å². The molecule has 0 spiro atoms. The molecule has 120 valence electrons. The molecule has 0 aromatic carbocycles. The van der Waals surface area contributed by atoms with Crippen LogP contribution in [-0.2, 0) is 14.8 Å². The summed E-state index contributed by atoms with van der Waals surface area (Å²) in [7, 11) is -3.09. The van der Waals surface area contributed by atoms with Crippen LogP contribution < -0.4 is 10.6 Å². The molecule has 3 rings (SSSR count). The van der Waals surface area contributed by atoms with Gasteiger partial charge in [0.1, 0.15) is 0 Å². The predicted molar refractivity (Wildman–Crippen MR) is 80.3 cm³/mol. The van der Waals surface area contributed by atoms with E-state index in [4.69, 9.17) is 0 Å². The van der Waals surface area contributed by atoms with Gasteiger partial charge in [-0.05, 0) is 39.0 Å². The van der Waals surface area contributed by atoms with Gasteiger partial charge in [-0.15, -0.1) is 0 Å². The first-order chi connectivity index (χ1) is 9.99. The minimum absolute atomic E-state index is 0.112. The molecule has 3 saturated heterocycles. The van der Waals surface area contributed by atoms with Crippen LogP contribution in [0.15, 0.2) is 0 Å². The van der Waals surface area contributed by atoms with E-state index in [-0.39, 0.29) is 23.6 Å². The molecule has 21 heavy (non-hydrogen) atoms. The third-order valence-electron chi connectivity index (χ3n) is 5.20. The number of nitrogens with zero attached hydrogens (tertiary/aromatic N) is 1. The van der Waals surface area contributed by atoms with Crippen LogP contribution in [0.5, 0.6) is 0 Å². The van der Waals surface area contributed by atoms with Crippen LogP contribution in [0.4, 0.5) is 0 Å². The number of carbonyl (C=O) groups excluding carboxylic acids is 1. The second-order valence-electron chi connectivity index (χ2n) is 6.47. The second-order valence-corrected chi connectivity index (χ2v) is 8.73. The summed E-state index contributed by atoms with van der Waals surface area (Å²) in [5.41, 5.74) is 0. The summed E-state index contributed by atoms with van der Waals surface area (Å²) < 4.78 is 25.2. The number of fused-ring (bicyclic) bond motifs is 2. The van der Waals surface area contributed by atoms with E-state index in [1.807, 2.05) is 0 Å². The minimum atomic E-state index is -3.09. The topological polar surface area (TPSA) is 78.5 Å². The summed E-state index contributed by atoms with van der Waals surface area (Å²) in [5, 5.41) is 6.62. The third kappa shape index (κ3) is 3.10. The molecule has 1 amide bonds. The molecule has 3 fully saturated rings. The lowest BCUT2D eigenvalue weighted by molar-refractivity contribution is -0.126. The largest absolute Gasteiger partial charge is 0.353 e. The summed E-state index contributed by atoms with van der Waals surface area (Å²) in [6.45, 7) is 2.72. The average molecular weight is 315 g/mol. The van der Waals surface area contributed by atoms with Crippen molar-refractivity contribution in [2.24, 2.45) is 5.92 Å². The molecule has 0 radical (unpaired) electrons. The zero-order valence-electron chi connectivity index (χ0n) is 12.5. The van der Waals surface area contributed by atoms with Crippen molar-refractivity contribution in [1.29, 1.82) is 0 Å². The Balaban J connectivity index is 1.48. The summed E-state index contributed by atoms with van der Waals surface area (Å²) in [6, 6.07) is 1.01. The van der Waals surface area contributed by atoms with Gasteiger partial charge in [-0.1, -0.05) is 0 Å². The average Bonchev–Trinajstić information content (AvgIpc) is 3.10. The minimum Gasteiger partial charge on any atom is -0.353 e. The lowest BCUT2D eigenvalue weighted by atomic mass is 9.88. The van der Waals surface area contributed by atoms with Gasteiger partial charge in [0.15, 0.2) is 0 Å². The number of hydrogen-bond acceptors (Lipinski definition) is 4. The quantitative estimate of drug-likeness (QED) is 0.769. The van der Waals surface area contributed by atoms with E-state index >= 15 is 0 Å². The van der Waals surface area contributed by atoms with Crippen molar-refractivity contribution in [2.45, 2.75) is 57.2 Å². The molecule has 2 N–H and O–H groups in total. The summed E-state index contributed by atoms with van der Waals surface area (Å²) in [4.78, 5) is 12.4. The van der Waals surface area contributed by atoms with Gasteiger partial charge in [-0.2, -0.15) is 0 Å². The van der Waals surface area contributed by atoms with Crippen molar-refractivity contribution in [3.8, 4) is 0 Å². The van der Waals surface area contributed by atoms with Crippen molar-refractivity contribution < 1.29 is 13.2 Å². The van der Waals surface area contributed by atoms with Gasteiger partial charge in [-0.25, -0.2) is 12.7 Å². The first-order valence-electron chi connectivity index (χ1n) is 8.04. The Hall–Kier alpha value is -0.660. The summed E-state index contributed by atoms with van der Waals surface area (Å²) >= 11 is 0. The Bertz CT molecular complexity index is 500. The maximum Gasteiger partial charge on any atom is 0.224 e. The Labute approximate surface area is 126 Å². The van der Waals surface area contributed by atoms with Gasteiger partial charge in [0, 0.05) is 31.2 Å². The van der Waals surface area contributed by atoms with E-state index in [2.05, 4.69) is 10.6 Å². The van der Waals surface area contributed by atoms with Crippen LogP contribution >= 0.6 is 0 Å². The number of hydrogen-bond donors (Lipinski definition) is 2. The molecule has 3 heterocycles. The van der Waals surface area contributed by atoms with Crippen LogP contribution in [0.1, 0.15) is 39.0 Å². The molecule has 2 bridgehead atoms. The zero-order chi connectivity index (χ0) is 15.0. The van der Waals surface area contributed by atoms with Crippen molar-refractivity contribution in [3.63, 3.8) is 0 Å². The van der Waals surface area contributed by atoms with E-state index in [0.717, 1.165) is 25.7 Å². The lowest BCUT2D eigenvalue weighted by Crippen LogP contribution is -2.49. The zero-order valence-corrected chi connectivity index (χ0v) is 13.4. The molecule has 0 aromatic rings. The molecule has 3 unspecified atom stereocenters. The van der Waals surface area contributed by atoms with Gasteiger partial charge in [0.25, 0.3) is 0 Å². The number of carbonyl (C=O) groups is 1. The van der Waals surface area contributed by atoms with Gasteiger partial charge in [-0.3, -0.25) is 4.79 Å². The number of rotatable bonds is 4.